The molecule has 1 N–H and O–H groups in total. The van der Waals surface area contributed by atoms with Gasteiger partial charge in [-0.1, -0.05) is 13.0 Å². The third-order valence-electron chi connectivity index (χ3n) is 5.24. The summed E-state index contributed by atoms with van der Waals surface area (Å²) in [5.41, 5.74) is 0.376. The number of ether oxygens (including phenoxy) is 2. The van der Waals surface area contributed by atoms with E-state index in [1.807, 2.05) is 0 Å². The number of hydrogen-bond acceptors (Lipinski definition) is 9. The van der Waals surface area contributed by atoms with Crippen molar-refractivity contribution in [2.24, 2.45) is 0 Å². The van der Waals surface area contributed by atoms with Gasteiger partial charge in [-0.15, -0.1) is 10.2 Å². The van der Waals surface area contributed by atoms with Crippen LogP contribution >= 0.6 is 0 Å². The van der Waals surface area contributed by atoms with Crippen LogP contribution in [-0.4, -0.2) is 52.6 Å². The molecule has 0 saturated carbocycles. The number of nitrogens with one attached hydrogen (secondary N) is 1. The number of aromatic nitrogens is 5. The van der Waals surface area contributed by atoms with Crippen molar-refractivity contribution >= 4 is 16.0 Å². The Morgan fingerprint density at radius 1 is 1.09 bits per heavy atom. The molecule has 1 aromatic carbocycles. The van der Waals surface area contributed by atoms with Gasteiger partial charge >= 0.3 is 0 Å². The molecule has 4 aromatic rings. The topological polar surface area (TPSA) is 134 Å². The van der Waals surface area contributed by atoms with E-state index in [-0.39, 0.29) is 30.4 Å². The first-order chi connectivity index (χ1) is 16.9. The minimum Gasteiger partial charge on any atom is -0.494 e. The molecule has 1 atom stereocenters. The number of para-hydroxylation sites is 1. The van der Waals surface area contributed by atoms with Crippen molar-refractivity contribution in [2.75, 3.05) is 18.9 Å². The number of hydrogen-bond donors (Lipinski definition) is 1. The first kappa shape index (κ1) is 24.1. The normalized spacial score (nSPS) is 12.3. The van der Waals surface area contributed by atoms with E-state index in [0.29, 0.717) is 22.9 Å². The van der Waals surface area contributed by atoms with Crippen molar-refractivity contribution in [1.29, 1.82) is 0 Å². The lowest BCUT2D eigenvalue weighted by molar-refractivity contribution is 0.391. The van der Waals surface area contributed by atoms with Crippen LogP contribution in [0, 0.1) is 5.82 Å². The van der Waals surface area contributed by atoms with E-state index in [9.17, 15) is 12.8 Å². The summed E-state index contributed by atoms with van der Waals surface area (Å²) in [6.45, 7) is 1.72. The highest BCUT2D eigenvalue weighted by Crippen LogP contribution is 2.38. The van der Waals surface area contributed by atoms with Gasteiger partial charge in [-0.2, -0.15) is 0 Å². The smallest absolute Gasteiger partial charge is 0.243 e. The van der Waals surface area contributed by atoms with Crippen molar-refractivity contribution < 1.29 is 26.7 Å². The summed E-state index contributed by atoms with van der Waals surface area (Å²) in [7, 11) is -1.06. The number of furan rings is 1. The van der Waals surface area contributed by atoms with Crippen LogP contribution in [-0.2, 0) is 16.4 Å². The lowest BCUT2D eigenvalue weighted by Crippen LogP contribution is -2.31. The first-order valence-corrected chi connectivity index (χ1v) is 12.1. The minimum atomic E-state index is -4.02. The molecule has 0 aliphatic rings. The molecule has 3 heterocycles. The second kappa shape index (κ2) is 10.1. The quantitative estimate of drug-likeness (QED) is 0.347. The van der Waals surface area contributed by atoms with E-state index in [1.54, 1.807) is 37.3 Å². The van der Waals surface area contributed by atoms with Gasteiger partial charge < -0.3 is 13.9 Å². The molecule has 4 rings (SSSR count). The molecule has 35 heavy (non-hydrogen) atoms. The maximum atomic E-state index is 13.4. The van der Waals surface area contributed by atoms with Gasteiger partial charge in [-0.3, -0.25) is 9.29 Å². The van der Waals surface area contributed by atoms with Gasteiger partial charge in [0.15, 0.2) is 11.6 Å². The Labute approximate surface area is 201 Å². The summed E-state index contributed by atoms with van der Waals surface area (Å²) in [6, 6.07) is 8.47. The minimum absolute atomic E-state index is 0.0245. The number of methoxy groups -OCH3 is 2. The average molecular weight is 503 g/mol. The van der Waals surface area contributed by atoms with Crippen LogP contribution in [0.3, 0.4) is 0 Å². The second-order valence-electron chi connectivity index (χ2n) is 7.37. The van der Waals surface area contributed by atoms with Gasteiger partial charge in [0.1, 0.15) is 23.0 Å². The molecular weight excluding hydrogens is 479 g/mol. The van der Waals surface area contributed by atoms with Crippen LogP contribution in [0.2, 0.25) is 0 Å². The fraction of sp³-hybridized carbons (Fsp3) is 0.273. The molecule has 3 aromatic heterocycles. The van der Waals surface area contributed by atoms with Gasteiger partial charge in [0.05, 0.1) is 38.1 Å². The number of sulfonamides is 1. The Morgan fingerprint density at radius 2 is 1.77 bits per heavy atom. The molecule has 0 saturated heterocycles. The zero-order chi connectivity index (χ0) is 25.0. The van der Waals surface area contributed by atoms with E-state index in [0.717, 1.165) is 12.4 Å². The van der Waals surface area contributed by atoms with Crippen LogP contribution in [0.25, 0.3) is 17.3 Å². The SMILES string of the molecule is CC[C@@H](Cc1ncc(F)cn1)S(=O)(=O)Nc1nnc(-c2ccco2)n1-c1c(OC)cccc1OC. The van der Waals surface area contributed by atoms with E-state index < -0.39 is 21.1 Å². The number of halogens is 1. The summed E-state index contributed by atoms with van der Waals surface area (Å²) in [4.78, 5) is 7.76. The van der Waals surface area contributed by atoms with E-state index in [4.69, 9.17) is 13.9 Å². The molecule has 0 unspecified atom stereocenters. The molecule has 0 aliphatic carbocycles. The van der Waals surface area contributed by atoms with E-state index in [1.165, 1.54) is 25.0 Å². The Kier molecular flexibility index (Phi) is 6.96. The zero-order valence-corrected chi connectivity index (χ0v) is 20.0. The largest absolute Gasteiger partial charge is 0.494 e. The Hall–Kier alpha value is -4.00. The van der Waals surface area contributed by atoms with Crippen molar-refractivity contribution in [1.82, 2.24) is 24.7 Å². The fourth-order valence-corrected chi connectivity index (χ4v) is 4.87. The zero-order valence-electron chi connectivity index (χ0n) is 19.2. The van der Waals surface area contributed by atoms with E-state index >= 15 is 0 Å². The second-order valence-corrected chi connectivity index (χ2v) is 9.33. The predicted molar refractivity (Wildman–Crippen MR) is 124 cm³/mol. The molecular formula is C22H23FN6O5S. The number of rotatable bonds is 10. The molecule has 0 amide bonds. The standard InChI is InChI=1S/C22H23FN6O5S/c1-4-15(11-19-24-12-14(23)13-25-19)35(30,31)28-22-27-26-21(18-9-6-10-34-18)29(22)20-16(32-2)7-5-8-17(20)33-3/h5-10,12-13,15H,4,11H2,1-3H3,(H,27,28)/t15-/m0/s1. The third kappa shape index (κ3) is 4.94. The van der Waals surface area contributed by atoms with Crippen LogP contribution in [0.15, 0.2) is 53.4 Å². The highest BCUT2D eigenvalue weighted by atomic mass is 32.2. The summed E-state index contributed by atoms with van der Waals surface area (Å²) < 4.78 is 60.5. The molecule has 0 spiro atoms. The fourth-order valence-electron chi connectivity index (χ4n) is 3.51. The van der Waals surface area contributed by atoms with Crippen molar-refractivity contribution in [3.05, 3.63) is 60.6 Å². The van der Waals surface area contributed by atoms with Crippen LogP contribution < -0.4 is 14.2 Å². The Bertz CT molecular complexity index is 1370. The van der Waals surface area contributed by atoms with Crippen molar-refractivity contribution in [2.45, 2.75) is 25.0 Å². The highest BCUT2D eigenvalue weighted by molar-refractivity contribution is 7.93. The highest BCUT2D eigenvalue weighted by Gasteiger charge is 2.30. The van der Waals surface area contributed by atoms with Gasteiger partial charge in [-0.05, 0) is 30.7 Å². The van der Waals surface area contributed by atoms with Crippen molar-refractivity contribution in [3.8, 4) is 28.8 Å². The third-order valence-corrected chi connectivity index (χ3v) is 7.09. The summed E-state index contributed by atoms with van der Waals surface area (Å²) in [6.07, 6.45) is 3.68. The molecule has 0 bridgehead atoms. The molecule has 13 heteroatoms. The van der Waals surface area contributed by atoms with Crippen molar-refractivity contribution in [3.63, 3.8) is 0 Å². The summed E-state index contributed by atoms with van der Waals surface area (Å²) in [5, 5.41) is 7.33. The Morgan fingerprint density at radius 3 is 2.34 bits per heavy atom. The van der Waals surface area contributed by atoms with Gasteiger partial charge in [0, 0.05) is 6.42 Å². The molecule has 11 nitrogen and oxygen atoms in total. The summed E-state index contributed by atoms with van der Waals surface area (Å²) >= 11 is 0. The molecule has 0 fully saturated rings. The molecule has 0 radical (unpaired) electrons. The maximum Gasteiger partial charge on any atom is 0.243 e. The monoisotopic (exact) mass is 502 g/mol. The number of benzene rings is 1. The van der Waals surface area contributed by atoms with Gasteiger partial charge in [0.25, 0.3) is 0 Å². The number of anilines is 1. The van der Waals surface area contributed by atoms with E-state index in [2.05, 4.69) is 24.9 Å². The lowest BCUT2D eigenvalue weighted by Gasteiger charge is -2.19. The number of nitrogens with zero attached hydrogens (tertiary/aromatic N) is 5. The van der Waals surface area contributed by atoms with Gasteiger partial charge in [0.2, 0.25) is 21.8 Å². The van der Waals surface area contributed by atoms with Gasteiger partial charge in [-0.25, -0.2) is 22.8 Å². The lowest BCUT2D eigenvalue weighted by atomic mass is 10.2. The maximum absolute atomic E-state index is 13.4. The first-order valence-electron chi connectivity index (χ1n) is 10.6. The summed E-state index contributed by atoms with van der Waals surface area (Å²) in [5.74, 6) is 0.860. The predicted octanol–water partition coefficient (Wildman–Crippen LogP) is 3.24. The average Bonchev–Trinajstić information content (AvgIpc) is 3.52. The molecule has 184 valence electrons. The Balaban J connectivity index is 1.79. The molecule has 0 aliphatic heterocycles. The van der Waals surface area contributed by atoms with Crippen LogP contribution in [0.5, 0.6) is 11.5 Å². The van der Waals surface area contributed by atoms with Crippen LogP contribution in [0.1, 0.15) is 19.2 Å². The van der Waals surface area contributed by atoms with Crippen LogP contribution in [0.4, 0.5) is 10.3 Å².